The molecule has 3 unspecified atom stereocenters. The first-order valence-electron chi connectivity index (χ1n) is 14.3. The predicted molar refractivity (Wildman–Crippen MR) is 161 cm³/mol. The van der Waals surface area contributed by atoms with E-state index in [4.69, 9.17) is 16.3 Å². The molecule has 3 fully saturated rings. The number of benzene rings is 1. The number of rotatable bonds is 10. The van der Waals surface area contributed by atoms with Crippen molar-refractivity contribution in [3.63, 3.8) is 0 Å². The molecule has 0 radical (unpaired) electrons. The van der Waals surface area contributed by atoms with Crippen LogP contribution in [-0.2, 0) is 29.1 Å². The van der Waals surface area contributed by atoms with E-state index in [0.29, 0.717) is 31.0 Å². The number of nitrogens with one attached hydrogen (secondary N) is 1. The molecule has 14 heteroatoms. The first-order valence-corrected chi connectivity index (χ1v) is 17.0. The maximum absolute atomic E-state index is 13.4. The summed E-state index contributed by atoms with van der Waals surface area (Å²) in [7, 11) is -0.611. The van der Waals surface area contributed by atoms with Crippen LogP contribution in [0.25, 0.3) is 10.1 Å². The van der Waals surface area contributed by atoms with Gasteiger partial charge in [0.2, 0.25) is 17.7 Å². The van der Waals surface area contributed by atoms with Crippen LogP contribution < -0.4 is 4.72 Å². The van der Waals surface area contributed by atoms with Gasteiger partial charge in [-0.3, -0.25) is 19.3 Å². The summed E-state index contributed by atoms with van der Waals surface area (Å²) in [6, 6.07) is 6.01. The Morgan fingerprint density at radius 3 is 2.71 bits per heavy atom. The van der Waals surface area contributed by atoms with Gasteiger partial charge in [0.05, 0.1) is 6.54 Å². The minimum Gasteiger partial charge on any atom is -0.375 e. The second kappa shape index (κ2) is 13.1. The summed E-state index contributed by atoms with van der Waals surface area (Å²) < 4.78 is 34.8. The summed E-state index contributed by atoms with van der Waals surface area (Å²) in [5, 5.41) is 1.25. The van der Waals surface area contributed by atoms with Crippen LogP contribution in [0.15, 0.2) is 28.5 Å². The van der Waals surface area contributed by atoms with Gasteiger partial charge in [-0.1, -0.05) is 11.6 Å². The molecule has 230 valence electrons. The van der Waals surface area contributed by atoms with Crippen LogP contribution in [-0.4, -0.2) is 124 Å². The smallest absolute Gasteiger partial charge is 0.250 e. The fraction of sp³-hybridized carbons (Fsp3) is 0.607. The highest BCUT2D eigenvalue weighted by Gasteiger charge is 2.38. The molecule has 4 heterocycles. The molecule has 0 bridgehead atoms. The molecule has 0 spiro atoms. The molecule has 42 heavy (non-hydrogen) atoms. The first kappa shape index (κ1) is 31.1. The van der Waals surface area contributed by atoms with E-state index in [1.165, 1.54) is 12.0 Å². The number of hydrogen-bond donors (Lipinski definition) is 1. The van der Waals surface area contributed by atoms with Crippen molar-refractivity contribution in [2.24, 2.45) is 0 Å². The number of piperidine rings is 1. The maximum Gasteiger partial charge on any atom is 0.250 e. The lowest BCUT2D eigenvalue weighted by Crippen LogP contribution is -2.55. The summed E-state index contributed by atoms with van der Waals surface area (Å²) in [6.07, 6.45) is 3.64. The molecule has 1 aromatic heterocycles. The van der Waals surface area contributed by atoms with E-state index in [9.17, 15) is 22.8 Å². The summed E-state index contributed by atoms with van der Waals surface area (Å²) in [5.41, 5.74) is 0. The lowest BCUT2D eigenvalue weighted by atomic mass is 10.1. The van der Waals surface area contributed by atoms with Crippen LogP contribution >= 0.6 is 22.9 Å². The number of nitrogens with zero attached hydrogens (tertiary/aromatic N) is 4. The number of carbonyl (C=O) groups is 3. The molecule has 11 nitrogen and oxygen atoms in total. The van der Waals surface area contributed by atoms with Crippen molar-refractivity contribution in [2.75, 3.05) is 60.0 Å². The molecule has 1 N–H and O–H groups in total. The standard InChI is InChI=1S/C28H38ClN5O6S2/c1-31(26(36)18-40-2)21-9-12-32(15-21)16-22-5-3-11-34(22)25(35)17-33-10-4-6-23(28(33)37)30-42(38,39)27-14-19-13-20(29)7-8-24(19)41-27/h7-8,13-14,21-23,30H,3-6,9-12,15-18H2,1-2H3. The first-order chi connectivity index (χ1) is 20.1. The minimum absolute atomic E-state index is 0.0393. The zero-order valence-corrected chi connectivity index (χ0v) is 26.3. The van der Waals surface area contributed by atoms with Gasteiger partial charge in [0.1, 0.15) is 16.9 Å². The third kappa shape index (κ3) is 6.92. The minimum atomic E-state index is -3.93. The molecule has 0 aliphatic carbocycles. The average Bonchev–Trinajstić information content (AvgIpc) is 3.71. The van der Waals surface area contributed by atoms with Gasteiger partial charge in [0.15, 0.2) is 0 Å². The normalized spacial score (nSPS) is 23.7. The molecule has 3 amide bonds. The van der Waals surface area contributed by atoms with Gasteiger partial charge >= 0.3 is 0 Å². The number of carbonyl (C=O) groups excluding carboxylic acids is 3. The fourth-order valence-corrected chi connectivity index (χ4v) is 9.00. The number of thiophene rings is 1. The number of amides is 3. The Labute approximate surface area is 255 Å². The molecule has 1 aromatic carbocycles. The van der Waals surface area contributed by atoms with E-state index < -0.39 is 16.1 Å². The third-order valence-corrected chi connectivity index (χ3v) is 11.8. The van der Waals surface area contributed by atoms with Crippen molar-refractivity contribution < 1.29 is 27.5 Å². The van der Waals surface area contributed by atoms with Crippen molar-refractivity contribution in [1.29, 1.82) is 0 Å². The van der Waals surface area contributed by atoms with E-state index in [1.807, 2.05) is 11.9 Å². The van der Waals surface area contributed by atoms with Crippen molar-refractivity contribution in [1.82, 2.24) is 24.3 Å². The van der Waals surface area contributed by atoms with Crippen LogP contribution in [0.5, 0.6) is 0 Å². The number of halogens is 1. The number of sulfonamides is 1. The van der Waals surface area contributed by atoms with Crippen molar-refractivity contribution in [3.05, 3.63) is 29.3 Å². The summed E-state index contributed by atoms with van der Waals surface area (Å²) in [4.78, 5) is 46.4. The second-order valence-electron chi connectivity index (χ2n) is 11.3. The third-order valence-electron chi connectivity index (χ3n) is 8.50. The van der Waals surface area contributed by atoms with Gasteiger partial charge in [-0.15, -0.1) is 11.3 Å². The quantitative estimate of drug-likeness (QED) is 0.422. The summed E-state index contributed by atoms with van der Waals surface area (Å²) >= 11 is 7.17. The van der Waals surface area contributed by atoms with Crippen LogP contribution in [0.4, 0.5) is 0 Å². The number of ether oxygens (including phenoxy) is 1. The van der Waals surface area contributed by atoms with Gasteiger partial charge in [-0.25, -0.2) is 8.42 Å². The second-order valence-corrected chi connectivity index (χ2v) is 14.8. The number of hydrogen-bond acceptors (Lipinski definition) is 8. The molecule has 3 saturated heterocycles. The predicted octanol–water partition coefficient (Wildman–Crippen LogP) is 1.99. The fourth-order valence-electron chi connectivity index (χ4n) is 6.20. The van der Waals surface area contributed by atoms with E-state index >= 15 is 0 Å². The van der Waals surface area contributed by atoms with Crippen LogP contribution in [0.1, 0.15) is 32.1 Å². The molecular weight excluding hydrogens is 602 g/mol. The molecule has 3 atom stereocenters. The highest BCUT2D eigenvalue weighted by Crippen LogP contribution is 2.31. The van der Waals surface area contributed by atoms with Crippen LogP contribution in [0.2, 0.25) is 5.02 Å². The Balaban J connectivity index is 1.16. The lowest BCUT2D eigenvalue weighted by molar-refractivity contribution is -0.143. The van der Waals surface area contributed by atoms with Gasteiger partial charge in [-0.05, 0) is 61.8 Å². The van der Waals surface area contributed by atoms with Crippen LogP contribution in [0.3, 0.4) is 0 Å². The van der Waals surface area contributed by atoms with Gasteiger partial charge in [-0.2, -0.15) is 4.72 Å². The van der Waals surface area contributed by atoms with E-state index in [1.54, 1.807) is 29.2 Å². The topological polar surface area (TPSA) is 120 Å². The Morgan fingerprint density at radius 1 is 1.14 bits per heavy atom. The monoisotopic (exact) mass is 639 g/mol. The molecule has 3 aliphatic rings. The SMILES string of the molecule is COCC(=O)N(C)C1CCN(CC2CCCN2C(=O)CN2CCCC(NS(=O)(=O)c3cc4cc(Cl)ccc4s3)C2=O)C1. The number of methoxy groups -OCH3 is 1. The van der Waals surface area contributed by atoms with E-state index in [0.717, 1.165) is 60.3 Å². The number of likely N-dealkylation sites (tertiary alicyclic amines) is 3. The Hall–Kier alpha value is -2.29. The van der Waals surface area contributed by atoms with Gasteiger partial charge in [0, 0.05) is 68.7 Å². The maximum atomic E-state index is 13.4. The van der Waals surface area contributed by atoms with Gasteiger partial charge in [0.25, 0.3) is 10.0 Å². The van der Waals surface area contributed by atoms with Crippen molar-refractivity contribution in [3.8, 4) is 0 Å². The van der Waals surface area contributed by atoms with Crippen molar-refractivity contribution >= 4 is 60.8 Å². The molecule has 3 aliphatic heterocycles. The van der Waals surface area contributed by atoms with E-state index in [-0.39, 0.29) is 47.2 Å². The largest absolute Gasteiger partial charge is 0.375 e. The zero-order valence-electron chi connectivity index (χ0n) is 24.0. The highest BCUT2D eigenvalue weighted by molar-refractivity contribution is 7.91. The Kier molecular flexibility index (Phi) is 9.75. The molecule has 5 rings (SSSR count). The van der Waals surface area contributed by atoms with E-state index in [2.05, 4.69) is 9.62 Å². The number of fused-ring (bicyclic) bond motifs is 1. The molecular formula is C28H38ClN5O6S2. The molecule has 2 aromatic rings. The summed E-state index contributed by atoms with van der Waals surface area (Å²) in [5.74, 6) is -0.523. The highest BCUT2D eigenvalue weighted by atomic mass is 35.5. The Morgan fingerprint density at radius 2 is 1.93 bits per heavy atom. The zero-order chi connectivity index (χ0) is 30.0. The number of likely N-dealkylation sites (N-methyl/N-ethyl adjacent to an activating group) is 1. The average molecular weight is 640 g/mol. The summed E-state index contributed by atoms with van der Waals surface area (Å²) in [6.45, 7) is 3.39. The van der Waals surface area contributed by atoms with Gasteiger partial charge < -0.3 is 19.4 Å². The molecule has 0 saturated carbocycles. The van der Waals surface area contributed by atoms with Crippen molar-refractivity contribution in [2.45, 2.75) is 54.4 Å². The lowest BCUT2D eigenvalue weighted by Gasteiger charge is -2.35. The van der Waals surface area contributed by atoms with Crippen LogP contribution in [0, 0.1) is 0 Å². The Bertz CT molecular complexity index is 1440.